The van der Waals surface area contributed by atoms with Gasteiger partial charge in [-0.05, 0) is 40.0 Å². The third-order valence-electron chi connectivity index (χ3n) is 2.36. The molecular weight excluding hydrogens is 282 g/mol. The smallest absolute Gasteiger partial charge is 0.147 e. The van der Waals surface area contributed by atoms with Gasteiger partial charge in [0.15, 0.2) is 0 Å². The van der Waals surface area contributed by atoms with Crippen molar-refractivity contribution in [2.75, 3.05) is 7.05 Å². The van der Waals surface area contributed by atoms with E-state index in [1.165, 1.54) is 6.20 Å². The summed E-state index contributed by atoms with van der Waals surface area (Å²) in [6, 6.07) is 3.53. The summed E-state index contributed by atoms with van der Waals surface area (Å²) in [5.41, 5.74) is 7.98. The highest BCUT2D eigenvalue weighted by Crippen LogP contribution is 2.35. The Morgan fingerprint density at radius 2 is 2.29 bits per heavy atom. The maximum absolute atomic E-state index is 9.73. The molecule has 0 heterocycles. The van der Waals surface area contributed by atoms with E-state index in [1.807, 2.05) is 13.0 Å². The zero-order valence-electron chi connectivity index (χ0n) is 9.53. The van der Waals surface area contributed by atoms with Crippen LogP contribution in [0.2, 0.25) is 0 Å². The van der Waals surface area contributed by atoms with Crippen LogP contribution in [-0.2, 0) is 0 Å². The second-order valence-corrected chi connectivity index (χ2v) is 4.17. The van der Waals surface area contributed by atoms with Crippen LogP contribution in [0.4, 0.5) is 0 Å². The molecular formula is C12H12BrN3O. The molecule has 1 aromatic rings. The molecule has 5 heteroatoms. The third kappa shape index (κ3) is 2.48. The maximum Gasteiger partial charge on any atom is 0.147 e. The van der Waals surface area contributed by atoms with E-state index < -0.39 is 0 Å². The minimum Gasteiger partial charge on any atom is -0.505 e. The van der Waals surface area contributed by atoms with Gasteiger partial charge in [0.1, 0.15) is 11.8 Å². The SMILES string of the molecule is CN=C/C(=C\N)c1cc(C#N)c(O)c(Br)c1C. The minimum atomic E-state index is -0.0569. The fourth-order valence-electron chi connectivity index (χ4n) is 1.46. The Bertz CT molecular complexity index is 542. The van der Waals surface area contributed by atoms with Crippen molar-refractivity contribution in [3.8, 4) is 11.8 Å². The minimum absolute atomic E-state index is 0.0569. The topological polar surface area (TPSA) is 82.4 Å². The van der Waals surface area contributed by atoms with Crippen molar-refractivity contribution in [3.05, 3.63) is 33.4 Å². The molecule has 0 saturated carbocycles. The Morgan fingerprint density at radius 3 is 2.76 bits per heavy atom. The molecule has 0 atom stereocenters. The monoisotopic (exact) mass is 293 g/mol. The Kier molecular flexibility index (Phi) is 4.30. The lowest BCUT2D eigenvalue weighted by molar-refractivity contribution is 0.469. The van der Waals surface area contributed by atoms with E-state index in [1.54, 1.807) is 19.3 Å². The van der Waals surface area contributed by atoms with Crippen molar-refractivity contribution < 1.29 is 5.11 Å². The molecule has 88 valence electrons. The number of hydrogen-bond acceptors (Lipinski definition) is 4. The lowest BCUT2D eigenvalue weighted by Gasteiger charge is -2.11. The van der Waals surface area contributed by atoms with E-state index in [2.05, 4.69) is 20.9 Å². The van der Waals surface area contributed by atoms with Crippen molar-refractivity contribution in [3.63, 3.8) is 0 Å². The summed E-state index contributed by atoms with van der Waals surface area (Å²) >= 11 is 3.26. The first-order valence-corrected chi connectivity index (χ1v) is 5.62. The lowest BCUT2D eigenvalue weighted by Crippen LogP contribution is -1.97. The molecule has 0 spiro atoms. The molecule has 1 rings (SSSR count). The molecule has 0 aromatic heterocycles. The van der Waals surface area contributed by atoms with E-state index in [9.17, 15) is 5.11 Å². The molecule has 1 aromatic carbocycles. The van der Waals surface area contributed by atoms with Gasteiger partial charge in [0.25, 0.3) is 0 Å². The maximum atomic E-state index is 9.73. The summed E-state index contributed by atoms with van der Waals surface area (Å²) in [6.45, 7) is 1.83. The van der Waals surface area contributed by atoms with Crippen molar-refractivity contribution in [1.29, 1.82) is 5.26 Å². The summed E-state index contributed by atoms with van der Waals surface area (Å²) in [6.07, 6.45) is 3.02. The average Bonchev–Trinajstić information content (AvgIpc) is 2.34. The highest BCUT2D eigenvalue weighted by Gasteiger charge is 2.14. The van der Waals surface area contributed by atoms with Crippen LogP contribution in [0, 0.1) is 18.3 Å². The summed E-state index contributed by atoms with van der Waals surface area (Å²) in [7, 11) is 1.64. The van der Waals surface area contributed by atoms with E-state index in [0.717, 1.165) is 11.1 Å². The lowest BCUT2D eigenvalue weighted by atomic mass is 9.98. The van der Waals surface area contributed by atoms with Crippen LogP contribution < -0.4 is 5.73 Å². The van der Waals surface area contributed by atoms with Gasteiger partial charge in [-0.3, -0.25) is 4.99 Å². The number of hydrogen-bond donors (Lipinski definition) is 2. The van der Waals surface area contributed by atoms with Gasteiger partial charge in [-0.15, -0.1) is 0 Å². The molecule has 3 N–H and O–H groups in total. The molecule has 0 radical (unpaired) electrons. The van der Waals surface area contributed by atoms with Gasteiger partial charge < -0.3 is 10.8 Å². The molecule has 4 nitrogen and oxygen atoms in total. The Labute approximate surface area is 108 Å². The number of benzene rings is 1. The molecule has 0 fully saturated rings. The Hall–Kier alpha value is -1.80. The fourth-order valence-corrected chi connectivity index (χ4v) is 1.89. The Balaban J connectivity index is 3.56. The van der Waals surface area contributed by atoms with Gasteiger partial charge in [-0.1, -0.05) is 0 Å². The number of nitrogens with two attached hydrogens (primary N) is 1. The molecule has 17 heavy (non-hydrogen) atoms. The number of rotatable bonds is 2. The van der Waals surface area contributed by atoms with Gasteiger partial charge in [-0.2, -0.15) is 5.26 Å². The standard InChI is InChI=1S/C12H12BrN3O/c1-7-10(9(5-15)6-16-2)3-8(4-14)12(17)11(7)13/h3,5-6,17H,15H2,1-2H3/b9-5+,16-6?. The Morgan fingerprint density at radius 1 is 1.65 bits per heavy atom. The number of aliphatic imine (C=N–C) groups is 1. The predicted octanol–water partition coefficient (Wildman–Crippen LogP) is 2.33. The predicted molar refractivity (Wildman–Crippen MR) is 71.8 cm³/mol. The quantitative estimate of drug-likeness (QED) is 0.821. The summed E-state index contributed by atoms with van der Waals surface area (Å²) in [4.78, 5) is 3.90. The first kappa shape index (κ1) is 13.3. The van der Waals surface area contributed by atoms with Gasteiger partial charge in [0.05, 0.1) is 10.0 Å². The van der Waals surface area contributed by atoms with Crippen molar-refractivity contribution in [2.45, 2.75) is 6.92 Å². The number of allylic oxidation sites excluding steroid dienone is 1. The van der Waals surface area contributed by atoms with Crippen LogP contribution >= 0.6 is 15.9 Å². The van der Waals surface area contributed by atoms with Gasteiger partial charge in [0.2, 0.25) is 0 Å². The first-order chi connectivity index (χ1) is 8.06. The zero-order valence-corrected chi connectivity index (χ0v) is 11.1. The van der Waals surface area contributed by atoms with Gasteiger partial charge in [0, 0.05) is 25.0 Å². The molecule has 0 saturated heterocycles. The number of nitriles is 1. The van der Waals surface area contributed by atoms with Gasteiger partial charge >= 0.3 is 0 Å². The molecule has 0 aliphatic rings. The van der Waals surface area contributed by atoms with Crippen molar-refractivity contribution in [2.24, 2.45) is 10.7 Å². The molecule has 0 aliphatic heterocycles. The molecule has 0 bridgehead atoms. The third-order valence-corrected chi connectivity index (χ3v) is 3.33. The van der Waals surface area contributed by atoms with E-state index in [-0.39, 0.29) is 11.3 Å². The van der Waals surface area contributed by atoms with E-state index in [0.29, 0.717) is 10.0 Å². The number of aromatic hydroxyl groups is 1. The number of nitrogens with zero attached hydrogens (tertiary/aromatic N) is 2. The van der Waals surface area contributed by atoms with Gasteiger partial charge in [-0.25, -0.2) is 0 Å². The van der Waals surface area contributed by atoms with Crippen LogP contribution in [0.25, 0.3) is 5.57 Å². The molecule has 0 aliphatic carbocycles. The zero-order chi connectivity index (χ0) is 13.0. The van der Waals surface area contributed by atoms with E-state index in [4.69, 9.17) is 11.0 Å². The number of phenolic OH excluding ortho intramolecular Hbond substituents is 1. The second kappa shape index (κ2) is 5.51. The van der Waals surface area contributed by atoms with Crippen LogP contribution in [0.1, 0.15) is 16.7 Å². The fraction of sp³-hybridized carbons (Fsp3) is 0.167. The van der Waals surface area contributed by atoms with Crippen molar-refractivity contribution >= 4 is 27.7 Å². The van der Waals surface area contributed by atoms with Crippen LogP contribution in [0.5, 0.6) is 5.75 Å². The first-order valence-electron chi connectivity index (χ1n) is 4.83. The summed E-state index contributed by atoms with van der Waals surface area (Å²) in [5, 5.41) is 18.7. The number of halogens is 1. The largest absolute Gasteiger partial charge is 0.505 e. The van der Waals surface area contributed by atoms with E-state index >= 15 is 0 Å². The number of phenols is 1. The van der Waals surface area contributed by atoms with Crippen molar-refractivity contribution in [1.82, 2.24) is 0 Å². The summed E-state index contributed by atoms with van der Waals surface area (Å²) < 4.78 is 0.496. The normalized spacial score (nSPS) is 11.8. The van der Waals surface area contributed by atoms with Crippen LogP contribution in [-0.4, -0.2) is 18.4 Å². The average molecular weight is 294 g/mol. The highest BCUT2D eigenvalue weighted by atomic mass is 79.9. The second-order valence-electron chi connectivity index (χ2n) is 3.38. The van der Waals surface area contributed by atoms with Crippen LogP contribution in [0.3, 0.4) is 0 Å². The van der Waals surface area contributed by atoms with Crippen LogP contribution in [0.15, 0.2) is 21.7 Å². The highest BCUT2D eigenvalue weighted by molar-refractivity contribution is 9.10. The molecule has 0 unspecified atom stereocenters. The molecule has 0 amide bonds. The summed E-state index contributed by atoms with van der Waals surface area (Å²) in [5.74, 6) is -0.0569.